The van der Waals surface area contributed by atoms with Crippen molar-refractivity contribution in [2.75, 3.05) is 13.2 Å². The molecule has 2 rings (SSSR count). The molecule has 25 heavy (non-hydrogen) atoms. The van der Waals surface area contributed by atoms with Crippen molar-refractivity contribution in [3.05, 3.63) is 57.0 Å². The van der Waals surface area contributed by atoms with E-state index in [-0.39, 0.29) is 17.2 Å². The molecule has 1 saturated heterocycles. The molecule has 1 aliphatic heterocycles. The zero-order chi connectivity index (χ0) is 18.4. The average molecular weight is 362 g/mol. The Morgan fingerprint density at radius 2 is 2.16 bits per heavy atom. The topological polar surface area (TPSA) is 107 Å². The predicted octanol–water partition coefficient (Wildman–Crippen LogP) is 2.75. The average Bonchev–Trinajstić information content (AvgIpc) is 2.83. The molecule has 0 radical (unpaired) electrons. The zero-order valence-corrected chi connectivity index (χ0v) is 14.0. The van der Waals surface area contributed by atoms with Crippen LogP contribution in [0.25, 0.3) is 6.08 Å². The number of imide groups is 1. The second-order valence-electron chi connectivity index (χ2n) is 4.81. The summed E-state index contributed by atoms with van der Waals surface area (Å²) in [5, 5.41) is 10.2. The normalized spacial score (nSPS) is 16.0. The van der Waals surface area contributed by atoms with E-state index >= 15 is 0 Å². The number of thioether (sulfide) groups is 1. The van der Waals surface area contributed by atoms with Crippen molar-refractivity contribution in [1.82, 2.24) is 4.90 Å². The van der Waals surface area contributed by atoms with Gasteiger partial charge >= 0.3 is 5.97 Å². The summed E-state index contributed by atoms with van der Waals surface area (Å²) in [6, 6.07) is 5.98. The van der Waals surface area contributed by atoms with Gasteiger partial charge in [0.25, 0.3) is 16.8 Å². The highest BCUT2D eigenvalue weighted by atomic mass is 32.2. The number of amides is 2. The van der Waals surface area contributed by atoms with Crippen LogP contribution in [-0.2, 0) is 14.3 Å². The molecule has 0 atom stereocenters. The van der Waals surface area contributed by atoms with Gasteiger partial charge in [0.05, 0.1) is 16.4 Å². The molecule has 1 aliphatic rings. The lowest BCUT2D eigenvalue weighted by molar-refractivity contribution is -0.384. The van der Waals surface area contributed by atoms with Gasteiger partial charge in [-0.05, 0) is 30.3 Å². The molecular weight excluding hydrogens is 348 g/mol. The number of esters is 1. The van der Waals surface area contributed by atoms with Crippen molar-refractivity contribution in [2.45, 2.75) is 6.92 Å². The van der Waals surface area contributed by atoms with Gasteiger partial charge in [0.15, 0.2) is 0 Å². The van der Waals surface area contributed by atoms with Gasteiger partial charge in [-0.3, -0.25) is 29.4 Å². The largest absolute Gasteiger partial charge is 0.465 e. The number of carbonyl (C=O) groups is 3. The number of carbonyl (C=O) groups excluding carboxylic acids is 3. The molecule has 0 aromatic heterocycles. The maximum absolute atomic E-state index is 12.1. The molecular formula is C16H14N2O6S. The minimum absolute atomic E-state index is 0.0445. The number of benzene rings is 1. The van der Waals surface area contributed by atoms with Gasteiger partial charge in [-0.25, -0.2) is 0 Å². The Bertz CT molecular complexity index is 787. The fourth-order valence-electron chi connectivity index (χ4n) is 1.97. The van der Waals surface area contributed by atoms with Crippen molar-refractivity contribution in [3.8, 4) is 0 Å². The molecule has 9 heteroatoms. The van der Waals surface area contributed by atoms with Crippen LogP contribution in [-0.4, -0.2) is 40.1 Å². The zero-order valence-electron chi connectivity index (χ0n) is 13.2. The van der Waals surface area contributed by atoms with Crippen LogP contribution in [0.5, 0.6) is 0 Å². The molecule has 1 heterocycles. The molecule has 1 aromatic carbocycles. The summed E-state index contributed by atoms with van der Waals surface area (Å²) in [6.07, 6.45) is 4.52. The molecule has 0 N–H and O–H groups in total. The Labute approximate surface area is 147 Å². The number of allylic oxidation sites excluding steroid dienone is 2. The van der Waals surface area contributed by atoms with E-state index < -0.39 is 28.6 Å². The number of hydrogen-bond donors (Lipinski definition) is 0. The van der Waals surface area contributed by atoms with E-state index in [1.807, 2.05) is 0 Å². The molecule has 1 fully saturated rings. The second kappa shape index (κ2) is 8.25. The van der Waals surface area contributed by atoms with Crippen molar-refractivity contribution < 1.29 is 24.0 Å². The fraction of sp³-hybridized carbons (Fsp3) is 0.188. The van der Waals surface area contributed by atoms with Crippen LogP contribution in [0.3, 0.4) is 0 Å². The van der Waals surface area contributed by atoms with Gasteiger partial charge in [0.2, 0.25) is 0 Å². The SMILES string of the molecule is CCOC(=O)CN1C(=O)S/C(=C\C=C\c2cccc([N+](=O)[O-])c2)C1=O. The Balaban J connectivity index is 2.07. The quantitative estimate of drug-likeness (QED) is 0.331. The first-order valence-electron chi connectivity index (χ1n) is 7.24. The van der Waals surface area contributed by atoms with Gasteiger partial charge in [0.1, 0.15) is 6.54 Å². The minimum atomic E-state index is -0.654. The van der Waals surface area contributed by atoms with E-state index in [4.69, 9.17) is 4.74 Å². The molecule has 0 unspecified atom stereocenters. The number of nitro groups is 1. The number of nitro benzene ring substituents is 1. The standard InChI is InChI=1S/C16H14N2O6S/c1-2-24-14(19)10-17-15(20)13(25-16(17)21)8-4-6-11-5-3-7-12(9-11)18(22)23/h3-9H,2,10H2,1H3/b6-4+,13-8-. The Morgan fingerprint density at radius 1 is 1.40 bits per heavy atom. The molecule has 2 amide bonds. The predicted molar refractivity (Wildman–Crippen MR) is 91.5 cm³/mol. The first-order chi connectivity index (χ1) is 11.9. The lowest BCUT2D eigenvalue weighted by atomic mass is 10.2. The van der Waals surface area contributed by atoms with Crippen LogP contribution < -0.4 is 0 Å². The maximum Gasteiger partial charge on any atom is 0.326 e. The molecule has 130 valence electrons. The number of ether oxygens (including phenoxy) is 1. The van der Waals surface area contributed by atoms with Gasteiger partial charge in [0, 0.05) is 12.1 Å². The Hall–Kier alpha value is -2.94. The molecule has 0 aliphatic carbocycles. The van der Waals surface area contributed by atoms with E-state index in [9.17, 15) is 24.5 Å². The van der Waals surface area contributed by atoms with Crippen LogP contribution in [0.1, 0.15) is 12.5 Å². The highest BCUT2D eigenvalue weighted by Crippen LogP contribution is 2.30. The van der Waals surface area contributed by atoms with Crippen LogP contribution >= 0.6 is 11.8 Å². The van der Waals surface area contributed by atoms with Crippen LogP contribution in [0.2, 0.25) is 0 Å². The van der Waals surface area contributed by atoms with Gasteiger partial charge in [-0.1, -0.05) is 24.3 Å². The summed E-state index contributed by atoms with van der Waals surface area (Å²) in [7, 11) is 0. The summed E-state index contributed by atoms with van der Waals surface area (Å²) in [6.45, 7) is 1.37. The van der Waals surface area contributed by atoms with Crippen molar-refractivity contribution in [3.63, 3.8) is 0 Å². The molecule has 0 saturated carbocycles. The van der Waals surface area contributed by atoms with Gasteiger partial charge in [-0.2, -0.15) is 0 Å². The summed E-state index contributed by atoms with van der Waals surface area (Å²) in [5.41, 5.74) is 0.535. The monoisotopic (exact) mass is 362 g/mol. The second-order valence-corrected chi connectivity index (χ2v) is 5.80. The number of hydrogen-bond acceptors (Lipinski definition) is 7. The smallest absolute Gasteiger partial charge is 0.326 e. The molecule has 8 nitrogen and oxygen atoms in total. The van der Waals surface area contributed by atoms with Crippen LogP contribution in [0.15, 0.2) is 41.3 Å². The third-order valence-electron chi connectivity index (χ3n) is 3.08. The Kier molecular flexibility index (Phi) is 6.07. The summed E-state index contributed by atoms with van der Waals surface area (Å²) in [4.78, 5) is 46.6. The summed E-state index contributed by atoms with van der Waals surface area (Å²) < 4.78 is 4.72. The summed E-state index contributed by atoms with van der Waals surface area (Å²) in [5.74, 6) is -1.23. The molecule has 0 bridgehead atoms. The van der Waals surface area contributed by atoms with Crippen LogP contribution in [0.4, 0.5) is 10.5 Å². The van der Waals surface area contributed by atoms with Crippen LogP contribution in [0, 0.1) is 10.1 Å². The molecule has 1 aromatic rings. The third-order valence-corrected chi connectivity index (χ3v) is 4.01. The van der Waals surface area contributed by atoms with E-state index in [1.165, 1.54) is 24.3 Å². The van der Waals surface area contributed by atoms with E-state index in [2.05, 4.69) is 0 Å². The maximum atomic E-state index is 12.1. The van der Waals surface area contributed by atoms with Gasteiger partial charge in [-0.15, -0.1) is 0 Å². The fourth-order valence-corrected chi connectivity index (χ4v) is 2.76. The number of nitrogens with zero attached hydrogens (tertiary/aromatic N) is 2. The lowest BCUT2D eigenvalue weighted by Gasteiger charge is -2.10. The first kappa shape index (κ1) is 18.4. The third kappa shape index (κ3) is 4.77. The van der Waals surface area contributed by atoms with E-state index in [0.717, 1.165) is 4.90 Å². The van der Waals surface area contributed by atoms with Crippen molar-refractivity contribution in [1.29, 1.82) is 0 Å². The van der Waals surface area contributed by atoms with Gasteiger partial charge < -0.3 is 4.74 Å². The molecule has 0 spiro atoms. The highest BCUT2D eigenvalue weighted by molar-refractivity contribution is 8.18. The van der Waals surface area contributed by atoms with Crippen molar-refractivity contribution >= 4 is 40.6 Å². The number of rotatable bonds is 6. The first-order valence-corrected chi connectivity index (χ1v) is 8.06. The minimum Gasteiger partial charge on any atom is -0.465 e. The lowest BCUT2D eigenvalue weighted by Crippen LogP contribution is -2.34. The Morgan fingerprint density at radius 3 is 2.84 bits per heavy atom. The summed E-state index contributed by atoms with van der Waals surface area (Å²) >= 11 is 0.716. The number of non-ortho nitro benzene ring substituents is 1. The van der Waals surface area contributed by atoms with E-state index in [1.54, 1.807) is 25.1 Å². The van der Waals surface area contributed by atoms with E-state index in [0.29, 0.717) is 17.3 Å². The van der Waals surface area contributed by atoms with Crippen molar-refractivity contribution in [2.24, 2.45) is 0 Å². The highest BCUT2D eigenvalue weighted by Gasteiger charge is 2.36.